The molecule has 1 heterocycles. The summed E-state index contributed by atoms with van der Waals surface area (Å²) in [5.41, 5.74) is 4.12. The van der Waals surface area contributed by atoms with Gasteiger partial charge in [-0.1, -0.05) is 24.3 Å². The second-order valence-corrected chi connectivity index (χ2v) is 3.75. The first kappa shape index (κ1) is 9.86. The SMILES string of the molecule is NNC(=O)c1cccc2oc3ccccc3c12. The maximum atomic E-state index is 11.7. The molecule has 4 heteroatoms. The van der Waals surface area contributed by atoms with E-state index in [1.54, 1.807) is 12.1 Å². The molecular weight excluding hydrogens is 216 g/mol. The van der Waals surface area contributed by atoms with E-state index in [1.165, 1.54) is 0 Å². The molecular formula is C13H10N2O2. The fourth-order valence-corrected chi connectivity index (χ4v) is 2.04. The first-order valence-corrected chi connectivity index (χ1v) is 5.22. The maximum absolute atomic E-state index is 11.7. The molecule has 1 amide bonds. The second-order valence-electron chi connectivity index (χ2n) is 3.75. The minimum Gasteiger partial charge on any atom is -0.456 e. The summed E-state index contributed by atoms with van der Waals surface area (Å²) in [6, 6.07) is 12.9. The van der Waals surface area contributed by atoms with Crippen molar-refractivity contribution in [2.75, 3.05) is 0 Å². The fraction of sp³-hybridized carbons (Fsp3) is 0. The van der Waals surface area contributed by atoms with Crippen LogP contribution in [0.15, 0.2) is 46.9 Å². The molecule has 0 bridgehead atoms. The Morgan fingerprint density at radius 1 is 1.06 bits per heavy atom. The van der Waals surface area contributed by atoms with E-state index in [4.69, 9.17) is 10.3 Å². The van der Waals surface area contributed by atoms with Gasteiger partial charge in [0.15, 0.2) is 0 Å². The Balaban J connectivity index is 2.47. The summed E-state index contributed by atoms with van der Waals surface area (Å²) in [5, 5.41) is 1.72. The van der Waals surface area contributed by atoms with Gasteiger partial charge in [0.2, 0.25) is 0 Å². The number of hydrogen-bond donors (Lipinski definition) is 2. The molecule has 0 atom stereocenters. The third-order valence-corrected chi connectivity index (χ3v) is 2.78. The largest absolute Gasteiger partial charge is 0.456 e. The van der Waals surface area contributed by atoms with Gasteiger partial charge in [-0.2, -0.15) is 0 Å². The van der Waals surface area contributed by atoms with E-state index in [9.17, 15) is 4.79 Å². The van der Waals surface area contributed by atoms with Gasteiger partial charge in [-0.25, -0.2) is 5.84 Å². The number of carbonyl (C=O) groups is 1. The number of hydrogen-bond acceptors (Lipinski definition) is 3. The van der Waals surface area contributed by atoms with Gasteiger partial charge < -0.3 is 4.42 Å². The smallest absolute Gasteiger partial charge is 0.265 e. The van der Waals surface area contributed by atoms with Gasteiger partial charge in [0.1, 0.15) is 11.2 Å². The Labute approximate surface area is 97.0 Å². The van der Waals surface area contributed by atoms with Crippen LogP contribution in [0.2, 0.25) is 0 Å². The van der Waals surface area contributed by atoms with E-state index in [1.807, 2.05) is 30.3 Å². The summed E-state index contributed by atoms with van der Waals surface area (Å²) in [6.07, 6.45) is 0. The van der Waals surface area contributed by atoms with Crippen molar-refractivity contribution >= 4 is 27.8 Å². The summed E-state index contributed by atoms with van der Waals surface area (Å²) in [7, 11) is 0. The van der Waals surface area contributed by atoms with Gasteiger partial charge in [0.25, 0.3) is 5.91 Å². The molecule has 84 valence electrons. The van der Waals surface area contributed by atoms with Crippen LogP contribution in [0.5, 0.6) is 0 Å². The van der Waals surface area contributed by atoms with Crippen molar-refractivity contribution in [2.45, 2.75) is 0 Å². The van der Waals surface area contributed by atoms with Crippen LogP contribution in [0.4, 0.5) is 0 Å². The number of nitrogen functional groups attached to an aromatic ring is 1. The quantitative estimate of drug-likeness (QED) is 0.379. The average Bonchev–Trinajstić information content (AvgIpc) is 2.76. The summed E-state index contributed by atoms with van der Waals surface area (Å²) in [5.74, 6) is 4.86. The maximum Gasteiger partial charge on any atom is 0.265 e. The standard InChI is InChI=1S/C13H10N2O2/c14-15-13(16)9-5-3-7-11-12(9)8-4-1-2-6-10(8)17-11/h1-7H,14H2,(H,15,16). The highest BCUT2D eigenvalue weighted by Gasteiger charge is 2.14. The molecule has 0 radical (unpaired) electrons. The average molecular weight is 226 g/mol. The molecule has 2 aromatic carbocycles. The van der Waals surface area contributed by atoms with Gasteiger partial charge in [-0.05, 0) is 18.2 Å². The molecule has 0 aliphatic heterocycles. The summed E-state index contributed by atoms with van der Waals surface area (Å²) in [4.78, 5) is 11.7. The van der Waals surface area contributed by atoms with Crippen LogP contribution in [-0.4, -0.2) is 5.91 Å². The predicted molar refractivity (Wildman–Crippen MR) is 65.4 cm³/mol. The Morgan fingerprint density at radius 2 is 1.82 bits per heavy atom. The van der Waals surface area contributed by atoms with E-state index in [2.05, 4.69) is 5.43 Å². The van der Waals surface area contributed by atoms with Crippen molar-refractivity contribution in [2.24, 2.45) is 5.84 Å². The molecule has 17 heavy (non-hydrogen) atoms. The molecule has 3 rings (SSSR count). The molecule has 3 N–H and O–H groups in total. The first-order chi connectivity index (χ1) is 8.31. The van der Waals surface area contributed by atoms with Gasteiger partial charge in [0, 0.05) is 10.8 Å². The Morgan fingerprint density at radius 3 is 2.65 bits per heavy atom. The van der Waals surface area contributed by atoms with Crippen molar-refractivity contribution in [1.82, 2.24) is 5.43 Å². The van der Waals surface area contributed by atoms with E-state index < -0.39 is 0 Å². The molecule has 3 aromatic rings. The lowest BCUT2D eigenvalue weighted by molar-refractivity contribution is 0.0955. The Kier molecular flexibility index (Phi) is 2.09. The highest BCUT2D eigenvalue weighted by Crippen LogP contribution is 2.30. The Hall–Kier alpha value is -2.33. The zero-order chi connectivity index (χ0) is 11.8. The normalized spacial score (nSPS) is 10.9. The zero-order valence-corrected chi connectivity index (χ0v) is 8.94. The third-order valence-electron chi connectivity index (χ3n) is 2.78. The molecule has 4 nitrogen and oxygen atoms in total. The van der Waals surface area contributed by atoms with Crippen LogP contribution >= 0.6 is 0 Å². The molecule has 0 spiro atoms. The number of hydrazine groups is 1. The molecule has 0 saturated heterocycles. The number of benzene rings is 2. The highest BCUT2D eigenvalue weighted by atomic mass is 16.3. The molecule has 0 saturated carbocycles. The Bertz CT molecular complexity index is 716. The van der Waals surface area contributed by atoms with Crippen molar-refractivity contribution in [3.8, 4) is 0 Å². The number of furan rings is 1. The summed E-state index contributed by atoms with van der Waals surface area (Å²) >= 11 is 0. The van der Waals surface area contributed by atoms with Crippen molar-refractivity contribution in [1.29, 1.82) is 0 Å². The van der Waals surface area contributed by atoms with Crippen LogP contribution in [0.1, 0.15) is 10.4 Å². The van der Waals surface area contributed by atoms with Crippen LogP contribution in [0.25, 0.3) is 21.9 Å². The van der Waals surface area contributed by atoms with Crippen molar-refractivity contribution < 1.29 is 9.21 Å². The van der Waals surface area contributed by atoms with Crippen LogP contribution in [0.3, 0.4) is 0 Å². The monoisotopic (exact) mass is 226 g/mol. The molecule has 0 unspecified atom stereocenters. The first-order valence-electron chi connectivity index (χ1n) is 5.22. The van der Waals surface area contributed by atoms with Crippen LogP contribution in [-0.2, 0) is 0 Å². The number of para-hydroxylation sites is 1. The fourth-order valence-electron chi connectivity index (χ4n) is 2.04. The van der Waals surface area contributed by atoms with Gasteiger partial charge >= 0.3 is 0 Å². The third kappa shape index (κ3) is 1.38. The number of nitrogens with two attached hydrogens (primary N) is 1. The lowest BCUT2D eigenvalue weighted by Crippen LogP contribution is -2.30. The van der Waals surface area contributed by atoms with E-state index >= 15 is 0 Å². The van der Waals surface area contributed by atoms with Gasteiger partial charge in [-0.15, -0.1) is 0 Å². The van der Waals surface area contributed by atoms with E-state index in [0.717, 1.165) is 16.4 Å². The molecule has 0 fully saturated rings. The topological polar surface area (TPSA) is 68.3 Å². The van der Waals surface area contributed by atoms with Crippen molar-refractivity contribution in [3.63, 3.8) is 0 Å². The summed E-state index contributed by atoms with van der Waals surface area (Å²) < 4.78 is 5.67. The predicted octanol–water partition coefficient (Wildman–Crippen LogP) is 2.19. The minimum absolute atomic E-state index is 0.317. The molecule has 0 aliphatic rings. The number of amides is 1. The second kappa shape index (κ2) is 3.61. The lowest BCUT2D eigenvalue weighted by atomic mass is 10.1. The number of fused-ring (bicyclic) bond motifs is 3. The lowest BCUT2D eigenvalue weighted by Gasteiger charge is -2.00. The number of carbonyl (C=O) groups excluding carboxylic acids is 1. The van der Waals surface area contributed by atoms with E-state index in [-0.39, 0.29) is 5.91 Å². The highest BCUT2D eigenvalue weighted by molar-refractivity contribution is 6.16. The van der Waals surface area contributed by atoms with Gasteiger partial charge in [0.05, 0.1) is 5.56 Å². The van der Waals surface area contributed by atoms with Gasteiger partial charge in [-0.3, -0.25) is 10.2 Å². The van der Waals surface area contributed by atoms with Crippen LogP contribution < -0.4 is 11.3 Å². The minimum atomic E-state index is -0.317. The van der Waals surface area contributed by atoms with Crippen molar-refractivity contribution in [3.05, 3.63) is 48.0 Å². The van der Waals surface area contributed by atoms with Crippen LogP contribution in [0, 0.1) is 0 Å². The van der Waals surface area contributed by atoms with E-state index in [0.29, 0.717) is 11.1 Å². The zero-order valence-electron chi connectivity index (χ0n) is 8.94. The molecule has 1 aromatic heterocycles. The molecule has 0 aliphatic carbocycles. The number of nitrogens with one attached hydrogen (secondary N) is 1. The number of rotatable bonds is 1. The summed E-state index contributed by atoms with van der Waals surface area (Å²) in [6.45, 7) is 0.